The first kappa shape index (κ1) is 20.9. The van der Waals surface area contributed by atoms with Gasteiger partial charge in [-0.25, -0.2) is 0 Å². The van der Waals surface area contributed by atoms with E-state index in [2.05, 4.69) is 11.9 Å². The molecule has 3 aliphatic heterocycles. The van der Waals surface area contributed by atoms with Crippen LogP contribution in [0.15, 0.2) is 30.5 Å². The molecule has 30 heavy (non-hydrogen) atoms. The molecule has 0 aliphatic carbocycles. The molecule has 1 aromatic rings. The summed E-state index contributed by atoms with van der Waals surface area (Å²) in [5.41, 5.74) is 3.37. The molecule has 5 nitrogen and oxygen atoms in total. The third kappa shape index (κ3) is 4.38. The predicted octanol–water partition coefficient (Wildman–Crippen LogP) is 3.57. The fourth-order valence-electron chi connectivity index (χ4n) is 4.70. The molecule has 2 fully saturated rings. The number of amides is 2. The molecule has 1 atom stereocenters. The number of benzene rings is 1. The lowest BCUT2D eigenvalue weighted by atomic mass is 9.88. The molecule has 2 saturated heterocycles. The van der Waals surface area contributed by atoms with Crippen molar-refractivity contribution in [1.29, 1.82) is 0 Å². The lowest BCUT2D eigenvalue weighted by Crippen LogP contribution is -2.49. The van der Waals surface area contributed by atoms with E-state index in [1.54, 1.807) is 4.90 Å². The molecule has 8 heteroatoms. The molecule has 0 aromatic heterocycles. The van der Waals surface area contributed by atoms with Crippen LogP contribution in [0.2, 0.25) is 0 Å². The number of carbonyl (C=O) groups excluding carboxylic acids is 2. The van der Waals surface area contributed by atoms with Crippen LogP contribution in [-0.4, -0.2) is 53.5 Å². The third-order valence-electron chi connectivity index (χ3n) is 6.43. The number of piperidine rings is 2. The van der Waals surface area contributed by atoms with Crippen molar-refractivity contribution in [3.8, 4) is 0 Å². The van der Waals surface area contributed by atoms with Gasteiger partial charge >= 0.3 is 6.18 Å². The number of hydrogen-bond acceptors (Lipinski definition) is 3. The molecule has 1 aromatic carbocycles. The summed E-state index contributed by atoms with van der Waals surface area (Å²) in [7, 11) is 0. The second kappa shape index (κ2) is 8.06. The molecule has 162 valence electrons. The highest BCUT2D eigenvalue weighted by Gasteiger charge is 2.38. The van der Waals surface area contributed by atoms with E-state index >= 15 is 0 Å². The first-order chi connectivity index (χ1) is 14.2. The number of allylic oxidation sites excluding steroid dienone is 1. The van der Waals surface area contributed by atoms with Gasteiger partial charge in [-0.05, 0) is 61.9 Å². The van der Waals surface area contributed by atoms with Gasteiger partial charge in [0, 0.05) is 24.4 Å². The van der Waals surface area contributed by atoms with E-state index < -0.39 is 18.6 Å². The summed E-state index contributed by atoms with van der Waals surface area (Å²) >= 11 is 0. The average Bonchev–Trinajstić information content (AvgIpc) is 3.02. The van der Waals surface area contributed by atoms with Crippen LogP contribution in [0.4, 0.5) is 13.2 Å². The summed E-state index contributed by atoms with van der Waals surface area (Å²) in [5, 5.41) is 2.74. The van der Waals surface area contributed by atoms with Gasteiger partial charge in [-0.3, -0.25) is 9.59 Å². The number of rotatable bonds is 4. The van der Waals surface area contributed by atoms with Crippen LogP contribution in [0.5, 0.6) is 0 Å². The molecule has 0 spiro atoms. The molecule has 1 N–H and O–H groups in total. The van der Waals surface area contributed by atoms with Gasteiger partial charge in [0.2, 0.25) is 5.91 Å². The van der Waals surface area contributed by atoms with Crippen LogP contribution in [0.3, 0.4) is 0 Å². The summed E-state index contributed by atoms with van der Waals surface area (Å²) < 4.78 is 37.3. The van der Waals surface area contributed by atoms with Crippen molar-refractivity contribution in [3.05, 3.63) is 47.2 Å². The monoisotopic (exact) mass is 421 g/mol. The molecule has 0 bridgehead atoms. The second-order valence-electron chi connectivity index (χ2n) is 8.48. The number of carbonyl (C=O) groups is 2. The van der Waals surface area contributed by atoms with E-state index in [-0.39, 0.29) is 24.3 Å². The largest absolute Gasteiger partial charge is 0.390 e. The molecular formula is C22H26F3N3O2. The van der Waals surface area contributed by atoms with Gasteiger partial charge in [-0.15, -0.1) is 0 Å². The SMILES string of the molecule is C=C1CCC(N2Cc3cc(C4CCN(CCC(F)(F)F)CC4)ccc3C2=O)C(=O)N1. The molecule has 0 radical (unpaired) electrons. The molecule has 3 heterocycles. The number of alkyl halides is 3. The van der Waals surface area contributed by atoms with Crippen molar-refractivity contribution in [2.75, 3.05) is 19.6 Å². The lowest BCUT2D eigenvalue weighted by molar-refractivity contribution is -0.138. The minimum Gasteiger partial charge on any atom is -0.329 e. The number of fused-ring (bicyclic) bond motifs is 1. The Labute approximate surface area is 173 Å². The van der Waals surface area contributed by atoms with Crippen LogP contribution >= 0.6 is 0 Å². The van der Waals surface area contributed by atoms with Crippen molar-refractivity contribution in [3.63, 3.8) is 0 Å². The van der Waals surface area contributed by atoms with Crippen LogP contribution in [0, 0.1) is 0 Å². The Morgan fingerprint density at radius 2 is 1.87 bits per heavy atom. The van der Waals surface area contributed by atoms with Crippen LogP contribution in [0.1, 0.15) is 59.5 Å². The van der Waals surface area contributed by atoms with E-state index in [0.29, 0.717) is 43.7 Å². The van der Waals surface area contributed by atoms with Gasteiger partial charge in [0.25, 0.3) is 5.91 Å². The Bertz CT molecular complexity index is 860. The summed E-state index contributed by atoms with van der Waals surface area (Å²) in [4.78, 5) is 28.6. The number of halogens is 3. The molecule has 4 rings (SSSR count). The Balaban J connectivity index is 1.39. The number of nitrogens with zero attached hydrogens (tertiary/aromatic N) is 2. The van der Waals surface area contributed by atoms with E-state index in [1.165, 1.54) is 0 Å². The quantitative estimate of drug-likeness (QED) is 0.809. The predicted molar refractivity (Wildman–Crippen MR) is 106 cm³/mol. The van der Waals surface area contributed by atoms with Crippen molar-refractivity contribution in [1.82, 2.24) is 15.1 Å². The zero-order valence-corrected chi connectivity index (χ0v) is 16.8. The molecular weight excluding hydrogens is 395 g/mol. The summed E-state index contributed by atoms with van der Waals surface area (Å²) in [6.45, 7) is 5.55. The topological polar surface area (TPSA) is 52.7 Å². The highest BCUT2D eigenvalue weighted by atomic mass is 19.4. The first-order valence-corrected chi connectivity index (χ1v) is 10.4. The maximum absolute atomic E-state index is 12.8. The van der Waals surface area contributed by atoms with Gasteiger partial charge in [0.05, 0.1) is 6.42 Å². The maximum atomic E-state index is 12.8. The van der Waals surface area contributed by atoms with E-state index in [4.69, 9.17) is 0 Å². The zero-order chi connectivity index (χ0) is 21.5. The normalized spacial score (nSPS) is 23.6. The van der Waals surface area contributed by atoms with E-state index in [1.807, 2.05) is 23.1 Å². The zero-order valence-electron chi connectivity index (χ0n) is 16.8. The molecule has 1 unspecified atom stereocenters. The van der Waals surface area contributed by atoms with Crippen molar-refractivity contribution < 1.29 is 22.8 Å². The van der Waals surface area contributed by atoms with Gasteiger partial charge in [-0.1, -0.05) is 18.7 Å². The summed E-state index contributed by atoms with van der Waals surface area (Å²) in [5.74, 6) is -0.0204. The van der Waals surface area contributed by atoms with Gasteiger partial charge < -0.3 is 15.1 Å². The Morgan fingerprint density at radius 1 is 1.13 bits per heavy atom. The Hall–Kier alpha value is -2.35. The molecule has 0 saturated carbocycles. The standard InChI is InChI=1S/C22H26F3N3O2/c1-14-2-5-19(20(29)26-14)28-13-17-12-16(3-4-18(17)21(28)30)15-6-9-27(10-7-15)11-8-22(23,24)25/h3-4,12,15,19H,1-2,5-11,13H2,(H,26,29). The molecule has 3 aliphatic rings. The van der Waals surface area contributed by atoms with Crippen LogP contribution in [0.25, 0.3) is 0 Å². The highest BCUT2D eigenvalue weighted by molar-refractivity contribution is 6.01. The minimum absolute atomic E-state index is 0.0553. The van der Waals surface area contributed by atoms with Crippen LogP contribution in [-0.2, 0) is 11.3 Å². The maximum Gasteiger partial charge on any atom is 0.390 e. The van der Waals surface area contributed by atoms with Gasteiger partial charge in [0.1, 0.15) is 6.04 Å². The van der Waals surface area contributed by atoms with Crippen molar-refractivity contribution in [2.45, 2.75) is 56.8 Å². The number of likely N-dealkylation sites (tertiary alicyclic amines) is 1. The first-order valence-electron chi connectivity index (χ1n) is 10.4. The number of hydrogen-bond donors (Lipinski definition) is 1. The number of nitrogens with one attached hydrogen (secondary N) is 1. The summed E-state index contributed by atoms with van der Waals surface area (Å²) in [6, 6.07) is 5.36. The van der Waals surface area contributed by atoms with Gasteiger partial charge in [-0.2, -0.15) is 13.2 Å². The van der Waals surface area contributed by atoms with E-state index in [9.17, 15) is 22.8 Å². The van der Waals surface area contributed by atoms with Crippen LogP contribution < -0.4 is 5.32 Å². The second-order valence-corrected chi connectivity index (χ2v) is 8.48. The Kier molecular flexibility index (Phi) is 5.61. The lowest BCUT2D eigenvalue weighted by Gasteiger charge is -2.32. The third-order valence-corrected chi connectivity index (χ3v) is 6.43. The summed E-state index contributed by atoms with van der Waals surface area (Å²) in [6.07, 6.45) is -2.03. The van der Waals surface area contributed by atoms with Crippen molar-refractivity contribution in [2.24, 2.45) is 0 Å². The highest BCUT2D eigenvalue weighted by Crippen LogP contribution is 2.34. The Morgan fingerprint density at radius 3 is 2.53 bits per heavy atom. The van der Waals surface area contributed by atoms with Crippen molar-refractivity contribution >= 4 is 11.8 Å². The smallest absolute Gasteiger partial charge is 0.329 e. The van der Waals surface area contributed by atoms with E-state index in [0.717, 1.165) is 24.0 Å². The molecule has 2 amide bonds. The van der Waals surface area contributed by atoms with Gasteiger partial charge in [0.15, 0.2) is 0 Å². The minimum atomic E-state index is -4.11. The fraction of sp³-hybridized carbons (Fsp3) is 0.545. The average molecular weight is 421 g/mol. The fourth-order valence-corrected chi connectivity index (χ4v) is 4.70.